The zero-order valence-electron chi connectivity index (χ0n) is 11.1. The van der Waals surface area contributed by atoms with Crippen molar-refractivity contribution < 1.29 is 14.7 Å². The molecule has 18 heavy (non-hydrogen) atoms. The van der Waals surface area contributed by atoms with Gasteiger partial charge in [-0.25, -0.2) is 4.79 Å². The molecule has 1 aliphatic carbocycles. The third-order valence-corrected chi connectivity index (χ3v) is 3.60. The van der Waals surface area contributed by atoms with Gasteiger partial charge in [0, 0.05) is 13.1 Å². The van der Waals surface area contributed by atoms with Crippen LogP contribution in [0, 0.1) is 11.8 Å². The van der Waals surface area contributed by atoms with E-state index in [1.54, 1.807) is 6.92 Å². The molecule has 5 nitrogen and oxygen atoms in total. The van der Waals surface area contributed by atoms with Gasteiger partial charge < -0.3 is 15.7 Å². The van der Waals surface area contributed by atoms with Crippen molar-refractivity contribution >= 4 is 12.0 Å². The van der Waals surface area contributed by atoms with Crippen LogP contribution in [0.25, 0.3) is 0 Å². The second-order valence-corrected chi connectivity index (χ2v) is 5.15. The number of carboxylic acids is 1. The highest BCUT2D eigenvalue weighted by Crippen LogP contribution is 2.26. The average molecular weight is 256 g/mol. The van der Waals surface area contributed by atoms with Crippen LogP contribution >= 0.6 is 0 Å². The van der Waals surface area contributed by atoms with Gasteiger partial charge >= 0.3 is 12.0 Å². The maximum Gasteiger partial charge on any atom is 0.314 e. The number of amides is 2. The molecular weight excluding hydrogens is 232 g/mol. The van der Waals surface area contributed by atoms with Gasteiger partial charge in [0.25, 0.3) is 0 Å². The van der Waals surface area contributed by atoms with Crippen molar-refractivity contribution in [3.05, 3.63) is 0 Å². The zero-order valence-corrected chi connectivity index (χ0v) is 11.1. The average Bonchev–Trinajstić information content (AvgIpc) is 2.81. The molecule has 0 saturated heterocycles. The van der Waals surface area contributed by atoms with E-state index in [2.05, 4.69) is 10.6 Å². The number of hydrogen-bond donors (Lipinski definition) is 3. The SMILES string of the molecule is CC(CCNC(=O)NCCC1CCCC1)C(=O)O. The Morgan fingerprint density at radius 1 is 1.22 bits per heavy atom. The van der Waals surface area contributed by atoms with Crippen molar-refractivity contribution in [3.8, 4) is 0 Å². The molecule has 0 bridgehead atoms. The molecule has 2 amide bonds. The Hall–Kier alpha value is -1.26. The monoisotopic (exact) mass is 256 g/mol. The molecule has 0 aliphatic heterocycles. The van der Waals surface area contributed by atoms with Gasteiger partial charge in [-0.2, -0.15) is 0 Å². The van der Waals surface area contributed by atoms with Crippen LogP contribution in [0.1, 0.15) is 45.4 Å². The summed E-state index contributed by atoms with van der Waals surface area (Å²) in [5.74, 6) is -0.459. The van der Waals surface area contributed by atoms with Crippen LogP contribution in [0.2, 0.25) is 0 Å². The van der Waals surface area contributed by atoms with Crippen LogP contribution in [0.15, 0.2) is 0 Å². The van der Waals surface area contributed by atoms with E-state index in [0.717, 1.165) is 12.3 Å². The summed E-state index contributed by atoms with van der Waals surface area (Å²) in [4.78, 5) is 22.0. The Kier molecular flexibility index (Phi) is 6.54. The molecule has 0 aromatic rings. The van der Waals surface area contributed by atoms with Crippen LogP contribution in [-0.2, 0) is 4.79 Å². The second kappa shape index (κ2) is 7.95. The fourth-order valence-electron chi connectivity index (χ4n) is 2.28. The number of rotatable bonds is 7. The fraction of sp³-hybridized carbons (Fsp3) is 0.846. The summed E-state index contributed by atoms with van der Waals surface area (Å²) in [6.45, 7) is 2.76. The number of carboxylic acid groups (broad SMARTS) is 1. The summed E-state index contributed by atoms with van der Waals surface area (Å²) < 4.78 is 0. The summed E-state index contributed by atoms with van der Waals surface area (Å²) in [5.41, 5.74) is 0. The number of aliphatic carboxylic acids is 1. The van der Waals surface area contributed by atoms with Gasteiger partial charge in [-0.15, -0.1) is 0 Å². The van der Waals surface area contributed by atoms with E-state index in [9.17, 15) is 9.59 Å². The van der Waals surface area contributed by atoms with E-state index >= 15 is 0 Å². The first-order valence-corrected chi connectivity index (χ1v) is 6.84. The van der Waals surface area contributed by atoms with E-state index in [1.807, 2.05) is 0 Å². The van der Waals surface area contributed by atoms with Crippen LogP contribution in [-0.4, -0.2) is 30.2 Å². The Balaban J connectivity index is 1.98. The Morgan fingerprint density at radius 3 is 2.44 bits per heavy atom. The molecule has 0 aromatic carbocycles. The first kappa shape index (κ1) is 14.8. The van der Waals surface area contributed by atoms with Gasteiger partial charge in [-0.05, 0) is 18.8 Å². The molecule has 0 heterocycles. The molecule has 1 unspecified atom stereocenters. The lowest BCUT2D eigenvalue weighted by molar-refractivity contribution is -0.141. The van der Waals surface area contributed by atoms with Crippen molar-refractivity contribution in [1.82, 2.24) is 10.6 Å². The number of nitrogens with one attached hydrogen (secondary N) is 2. The van der Waals surface area contributed by atoms with Crippen LogP contribution in [0.5, 0.6) is 0 Å². The van der Waals surface area contributed by atoms with Crippen molar-refractivity contribution in [1.29, 1.82) is 0 Å². The highest BCUT2D eigenvalue weighted by atomic mass is 16.4. The van der Waals surface area contributed by atoms with Crippen LogP contribution in [0.3, 0.4) is 0 Å². The molecule has 1 fully saturated rings. The summed E-state index contributed by atoms with van der Waals surface area (Å²) >= 11 is 0. The first-order chi connectivity index (χ1) is 8.59. The largest absolute Gasteiger partial charge is 0.481 e. The lowest BCUT2D eigenvalue weighted by atomic mass is 10.0. The quantitative estimate of drug-likeness (QED) is 0.651. The Labute approximate surface area is 108 Å². The Bertz CT molecular complexity index is 275. The molecule has 0 radical (unpaired) electrons. The van der Waals surface area contributed by atoms with E-state index < -0.39 is 11.9 Å². The van der Waals surface area contributed by atoms with Gasteiger partial charge in [-0.3, -0.25) is 4.79 Å². The van der Waals surface area contributed by atoms with Gasteiger partial charge in [-0.1, -0.05) is 32.6 Å². The van der Waals surface area contributed by atoms with E-state index in [4.69, 9.17) is 5.11 Å². The minimum atomic E-state index is -0.821. The number of urea groups is 1. The molecule has 1 atom stereocenters. The van der Waals surface area contributed by atoms with Gasteiger partial charge in [0.05, 0.1) is 5.92 Å². The number of carbonyl (C=O) groups is 2. The van der Waals surface area contributed by atoms with Crippen molar-refractivity contribution in [2.45, 2.75) is 45.4 Å². The number of hydrogen-bond acceptors (Lipinski definition) is 2. The normalized spacial score (nSPS) is 17.4. The molecule has 1 saturated carbocycles. The second-order valence-electron chi connectivity index (χ2n) is 5.15. The third kappa shape index (κ3) is 5.89. The topological polar surface area (TPSA) is 78.4 Å². The zero-order chi connectivity index (χ0) is 13.4. The summed E-state index contributed by atoms with van der Waals surface area (Å²) in [6.07, 6.45) is 6.75. The highest BCUT2D eigenvalue weighted by Gasteiger charge is 2.14. The third-order valence-electron chi connectivity index (χ3n) is 3.60. The molecule has 1 rings (SSSR count). The maximum atomic E-state index is 11.4. The summed E-state index contributed by atoms with van der Waals surface area (Å²) in [6, 6.07) is -0.189. The molecular formula is C13H24N2O3. The summed E-state index contributed by atoms with van der Waals surface area (Å²) in [7, 11) is 0. The van der Waals surface area contributed by atoms with Gasteiger partial charge in [0.1, 0.15) is 0 Å². The molecule has 1 aliphatic rings. The van der Waals surface area contributed by atoms with E-state index in [-0.39, 0.29) is 6.03 Å². The molecule has 104 valence electrons. The molecule has 0 aromatic heterocycles. The smallest absolute Gasteiger partial charge is 0.314 e. The van der Waals surface area contributed by atoms with E-state index in [0.29, 0.717) is 19.5 Å². The predicted molar refractivity (Wildman–Crippen MR) is 69.4 cm³/mol. The van der Waals surface area contributed by atoms with E-state index in [1.165, 1.54) is 25.7 Å². The van der Waals surface area contributed by atoms with Crippen LogP contribution < -0.4 is 10.6 Å². The minimum absolute atomic E-state index is 0.189. The molecule has 3 N–H and O–H groups in total. The number of carbonyl (C=O) groups excluding carboxylic acids is 1. The van der Waals surface area contributed by atoms with Crippen LogP contribution in [0.4, 0.5) is 4.79 Å². The first-order valence-electron chi connectivity index (χ1n) is 6.84. The minimum Gasteiger partial charge on any atom is -0.481 e. The lowest BCUT2D eigenvalue weighted by Gasteiger charge is -2.11. The van der Waals surface area contributed by atoms with Gasteiger partial charge in [0.2, 0.25) is 0 Å². The molecule has 0 spiro atoms. The van der Waals surface area contributed by atoms with Gasteiger partial charge in [0.15, 0.2) is 0 Å². The van der Waals surface area contributed by atoms with Crippen molar-refractivity contribution in [2.24, 2.45) is 11.8 Å². The predicted octanol–water partition coefficient (Wildman–Crippen LogP) is 1.98. The van der Waals surface area contributed by atoms with Crippen molar-refractivity contribution in [2.75, 3.05) is 13.1 Å². The fourth-order valence-corrected chi connectivity index (χ4v) is 2.28. The standard InChI is InChI=1S/C13H24N2O3/c1-10(12(16)17)6-8-14-13(18)15-9-7-11-4-2-3-5-11/h10-11H,2-9H2,1H3,(H,16,17)(H2,14,15,18). The van der Waals surface area contributed by atoms with Crippen molar-refractivity contribution in [3.63, 3.8) is 0 Å². The maximum absolute atomic E-state index is 11.4. The Morgan fingerprint density at radius 2 is 1.83 bits per heavy atom. The molecule has 5 heteroatoms. The lowest BCUT2D eigenvalue weighted by Crippen LogP contribution is -2.37. The summed E-state index contributed by atoms with van der Waals surface area (Å²) in [5, 5.41) is 14.2. The highest BCUT2D eigenvalue weighted by molar-refractivity contribution is 5.74.